The first-order valence-electron chi connectivity index (χ1n) is 9.03. The van der Waals surface area contributed by atoms with Crippen LogP contribution in [-0.2, 0) is 0 Å². The molecule has 0 aliphatic carbocycles. The molecule has 0 bridgehead atoms. The number of rotatable bonds is 4. The Morgan fingerprint density at radius 1 is 0.967 bits per heavy atom. The van der Waals surface area contributed by atoms with Gasteiger partial charge in [0.05, 0.1) is 5.69 Å². The van der Waals surface area contributed by atoms with E-state index in [0.29, 0.717) is 11.4 Å². The minimum absolute atomic E-state index is 0.0826. The third kappa shape index (κ3) is 3.88. The number of aromatic nitrogens is 3. The van der Waals surface area contributed by atoms with Gasteiger partial charge in [-0.2, -0.15) is 5.10 Å². The summed E-state index contributed by atoms with van der Waals surface area (Å²) in [6, 6.07) is 15.3. The SMILES string of the molecule is Cc1[nH]c(=O)c(C(=O)Nc2cc(-c3cc(F)cc(F)c3)[nH]n2)cc1-c1ccccc1. The van der Waals surface area contributed by atoms with Crippen LogP contribution >= 0.6 is 0 Å². The molecule has 0 saturated heterocycles. The van der Waals surface area contributed by atoms with Crippen molar-refractivity contribution in [2.24, 2.45) is 0 Å². The van der Waals surface area contributed by atoms with Crippen molar-refractivity contribution in [1.82, 2.24) is 15.2 Å². The molecule has 4 aromatic rings. The summed E-state index contributed by atoms with van der Waals surface area (Å²) in [6.07, 6.45) is 0. The number of carbonyl (C=O) groups excluding carboxylic acids is 1. The number of amides is 1. The quantitative estimate of drug-likeness (QED) is 0.473. The number of benzene rings is 2. The molecule has 30 heavy (non-hydrogen) atoms. The molecule has 0 aliphatic heterocycles. The standard InChI is InChI=1S/C22H16F2N4O2/c1-12-17(13-5-3-2-4-6-13)10-18(21(29)25-12)22(30)26-20-11-19(27-28-20)14-7-15(23)9-16(24)8-14/h2-11H,1H3,(H,25,29)(H2,26,27,28,30). The first-order chi connectivity index (χ1) is 14.4. The molecule has 6 nitrogen and oxygen atoms in total. The minimum Gasteiger partial charge on any atom is -0.325 e. The molecular weight excluding hydrogens is 390 g/mol. The third-order valence-corrected chi connectivity index (χ3v) is 4.56. The Bertz CT molecular complexity index is 1280. The first kappa shape index (κ1) is 19.3. The van der Waals surface area contributed by atoms with Crippen LogP contribution in [0, 0.1) is 18.6 Å². The second-order valence-electron chi connectivity index (χ2n) is 6.70. The highest BCUT2D eigenvalue weighted by atomic mass is 19.1. The van der Waals surface area contributed by atoms with Crippen molar-refractivity contribution in [2.45, 2.75) is 6.92 Å². The zero-order valence-corrected chi connectivity index (χ0v) is 15.8. The van der Waals surface area contributed by atoms with Crippen molar-refractivity contribution >= 4 is 11.7 Å². The summed E-state index contributed by atoms with van der Waals surface area (Å²) in [7, 11) is 0. The summed E-state index contributed by atoms with van der Waals surface area (Å²) in [6.45, 7) is 1.75. The molecule has 0 fully saturated rings. The van der Waals surface area contributed by atoms with Crippen LogP contribution in [0.3, 0.4) is 0 Å². The highest BCUT2D eigenvalue weighted by Crippen LogP contribution is 2.24. The summed E-state index contributed by atoms with van der Waals surface area (Å²) >= 11 is 0. The number of nitrogens with zero attached hydrogens (tertiary/aromatic N) is 1. The van der Waals surface area contributed by atoms with Gasteiger partial charge in [0.1, 0.15) is 17.2 Å². The van der Waals surface area contributed by atoms with Crippen molar-refractivity contribution < 1.29 is 13.6 Å². The molecule has 0 saturated carbocycles. The van der Waals surface area contributed by atoms with Crippen LogP contribution in [0.1, 0.15) is 16.1 Å². The van der Waals surface area contributed by atoms with Gasteiger partial charge in [0.15, 0.2) is 5.82 Å². The Labute approximate surface area is 169 Å². The second kappa shape index (κ2) is 7.75. The molecule has 2 aromatic heterocycles. The van der Waals surface area contributed by atoms with E-state index in [9.17, 15) is 18.4 Å². The lowest BCUT2D eigenvalue weighted by Gasteiger charge is -2.08. The van der Waals surface area contributed by atoms with Crippen LogP contribution in [0.2, 0.25) is 0 Å². The van der Waals surface area contributed by atoms with E-state index in [1.54, 1.807) is 6.92 Å². The van der Waals surface area contributed by atoms with Crippen molar-refractivity contribution in [3.63, 3.8) is 0 Å². The van der Waals surface area contributed by atoms with Gasteiger partial charge in [-0.3, -0.25) is 14.7 Å². The molecule has 2 aromatic carbocycles. The van der Waals surface area contributed by atoms with E-state index in [-0.39, 0.29) is 16.9 Å². The Balaban J connectivity index is 1.62. The van der Waals surface area contributed by atoms with E-state index < -0.39 is 23.1 Å². The number of aromatic amines is 2. The second-order valence-corrected chi connectivity index (χ2v) is 6.70. The molecule has 1 amide bonds. The highest BCUT2D eigenvalue weighted by Gasteiger charge is 2.16. The molecule has 3 N–H and O–H groups in total. The van der Waals surface area contributed by atoms with Gasteiger partial charge in [-0.05, 0) is 30.7 Å². The molecule has 0 spiro atoms. The largest absolute Gasteiger partial charge is 0.325 e. The molecule has 2 heterocycles. The van der Waals surface area contributed by atoms with Crippen molar-refractivity contribution in [2.75, 3.05) is 5.32 Å². The number of carbonyl (C=O) groups is 1. The van der Waals surface area contributed by atoms with Crippen LogP contribution in [0.25, 0.3) is 22.4 Å². The summed E-state index contributed by atoms with van der Waals surface area (Å²) in [5.41, 5.74) is 2.15. The summed E-state index contributed by atoms with van der Waals surface area (Å²) in [4.78, 5) is 27.7. The maximum atomic E-state index is 13.4. The van der Waals surface area contributed by atoms with Crippen LogP contribution in [-0.4, -0.2) is 21.1 Å². The summed E-state index contributed by atoms with van der Waals surface area (Å²) in [5, 5.41) is 9.07. The van der Waals surface area contributed by atoms with Gasteiger partial charge in [-0.25, -0.2) is 8.78 Å². The lowest BCUT2D eigenvalue weighted by Crippen LogP contribution is -2.24. The fraction of sp³-hybridized carbons (Fsp3) is 0.0455. The lowest BCUT2D eigenvalue weighted by atomic mass is 10.0. The number of hydrogen-bond acceptors (Lipinski definition) is 3. The van der Waals surface area contributed by atoms with E-state index in [4.69, 9.17) is 0 Å². The van der Waals surface area contributed by atoms with Gasteiger partial charge in [-0.15, -0.1) is 0 Å². The Hall–Kier alpha value is -4.07. The molecule has 150 valence electrons. The van der Waals surface area contributed by atoms with E-state index >= 15 is 0 Å². The fourth-order valence-corrected chi connectivity index (χ4v) is 3.14. The number of halogens is 2. The van der Waals surface area contributed by atoms with E-state index in [1.165, 1.54) is 12.1 Å². The number of aryl methyl sites for hydroxylation is 1. The van der Waals surface area contributed by atoms with Gasteiger partial charge in [-0.1, -0.05) is 30.3 Å². The minimum atomic E-state index is -0.732. The number of H-pyrrole nitrogens is 2. The average Bonchev–Trinajstić information content (AvgIpc) is 3.16. The van der Waals surface area contributed by atoms with E-state index in [0.717, 1.165) is 29.3 Å². The average molecular weight is 406 g/mol. The normalized spacial score (nSPS) is 10.8. The van der Waals surface area contributed by atoms with E-state index in [2.05, 4.69) is 20.5 Å². The molecule has 8 heteroatoms. The number of nitrogens with one attached hydrogen (secondary N) is 3. The predicted molar refractivity (Wildman–Crippen MR) is 109 cm³/mol. The van der Waals surface area contributed by atoms with Crippen molar-refractivity contribution in [3.05, 3.63) is 93.9 Å². The predicted octanol–water partition coefficient (Wildman–Crippen LogP) is 4.27. The van der Waals surface area contributed by atoms with Gasteiger partial charge < -0.3 is 10.3 Å². The third-order valence-electron chi connectivity index (χ3n) is 4.56. The van der Waals surface area contributed by atoms with Crippen molar-refractivity contribution in [1.29, 1.82) is 0 Å². The molecule has 0 radical (unpaired) electrons. The number of anilines is 1. The molecule has 0 unspecified atom stereocenters. The smallest absolute Gasteiger partial charge is 0.262 e. The maximum Gasteiger partial charge on any atom is 0.262 e. The summed E-state index contributed by atoms with van der Waals surface area (Å²) < 4.78 is 26.8. The van der Waals surface area contributed by atoms with Crippen molar-refractivity contribution in [3.8, 4) is 22.4 Å². The lowest BCUT2D eigenvalue weighted by molar-refractivity contribution is 0.102. The monoisotopic (exact) mass is 406 g/mol. The Morgan fingerprint density at radius 2 is 1.67 bits per heavy atom. The van der Waals surface area contributed by atoms with Gasteiger partial charge >= 0.3 is 0 Å². The van der Waals surface area contributed by atoms with Crippen LogP contribution in [0.15, 0.2) is 65.5 Å². The van der Waals surface area contributed by atoms with Gasteiger partial charge in [0.2, 0.25) is 0 Å². The number of hydrogen-bond donors (Lipinski definition) is 3. The van der Waals surface area contributed by atoms with E-state index in [1.807, 2.05) is 30.3 Å². The fourth-order valence-electron chi connectivity index (χ4n) is 3.14. The zero-order valence-electron chi connectivity index (χ0n) is 15.8. The number of pyridine rings is 1. The maximum absolute atomic E-state index is 13.4. The van der Waals surface area contributed by atoms with Crippen LogP contribution in [0.5, 0.6) is 0 Å². The van der Waals surface area contributed by atoms with Crippen LogP contribution < -0.4 is 10.9 Å². The molecule has 0 aliphatic rings. The van der Waals surface area contributed by atoms with Gasteiger partial charge in [0.25, 0.3) is 11.5 Å². The summed E-state index contributed by atoms with van der Waals surface area (Å²) in [5.74, 6) is -2.01. The van der Waals surface area contributed by atoms with Crippen LogP contribution in [0.4, 0.5) is 14.6 Å². The molecular formula is C22H16F2N4O2. The topological polar surface area (TPSA) is 90.6 Å². The van der Waals surface area contributed by atoms with Gasteiger partial charge in [0, 0.05) is 29.0 Å². The first-order valence-corrected chi connectivity index (χ1v) is 9.03. The Kier molecular flexibility index (Phi) is 4.97. The molecule has 0 atom stereocenters. The molecule has 4 rings (SSSR count). The Morgan fingerprint density at radius 3 is 2.37 bits per heavy atom. The highest BCUT2D eigenvalue weighted by molar-refractivity contribution is 6.04. The zero-order chi connectivity index (χ0) is 21.3.